The summed E-state index contributed by atoms with van der Waals surface area (Å²) in [6.07, 6.45) is -0.740. The van der Waals surface area contributed by atoms with Crippen molar-refractivity contribution in [1.29, 1.82) is 0 Å². The van der Waals surface area contributed by atoms with Gasteiger partial charge in [-0.3, -0.25) is 19.3 Å². The van der Waals surface area contributed by atoms with Crippen LogP contribution in [0.2, 0.25) is 0 Å². The van der Waals surface area contributed by atoms with Crippen LogP contribution in [0.3, 0.4) is 0 Å². The molecule has 0 fully saturated rings. The number of ether oxygens (including phenoxy) is 1. The highest BCUT2D eigenvalue weighted by molar-refractivity contribution is 6.03. The van der Waals surface area contributed by atoms with Gasteiger partial charge >= 0.3 is 6.09 Å². The lowest BCUT2D eigenvalue weighted by Crippen LogP contribution is -2.51. The molecule has 0 radical (unpaired) electrons. The molecular weight excluding hydrogens is 448 g/mol. The van der Waals surface area contributed by atoms with E-state index in [1.807, 2.05) is 37.3 Å². The van der Waals surface area contributed by atoms with Crippen LogP contribution < -0.4 is 15.1 Å². The van der Waals surface area contributed by atoms with Gasteiger partial charge in [0.2, 0.25) is 11.8 Å². The van der Waals surface area contributed by atoms with E-state index in [2.05, 4.69) is 5.32 Å². The molecule has 0 aliphatic carbocycles. The molecule has 9 heteroatoms. The molecule has 35 heavy (non-hydrogen) atoms. The van der Waals surface area contributed by atoms with Crippen molar-refractivity contribution >= 4 is 35.2 Å². The number of likely N-dealkylation sites (N-methyl/N-ethyl adjacent to an activating group) is 2. The summed E-state index contributed by atoms with van der Waals surface area (Å²) in [4.78, 5) is 54.0. The largest absolute Gasteiger partial charge is 0.446 e. The first-order valence-corrected chi connectivity index (χ1v) is 11.5. The van der Waals surface area contributed by atoms with Gasteiger partial charge < -0.3 is 19.9 Å². The second-order valence-electron chi connectivity index (χ2n) is 8.90. The van der Waals surface area contributed by atoms with Gasteiger partial charge in [-0.15, -0.1) is 0 Å². The van der Waals surface area contributed by atoms with Crippen LogP contribution in [0.5, 0.6) is 0 Å². The second kappa shape index (κ2) is 10.6. The van der Waals surface area contributed by atoms with Gasteiger partial charge in [0.05, 0.1) is 30.1 Å². The summed E-state index contributed by atoms with van der Waals surface area (Å²) in [5, 5.41) is 2.50. The van der Waals surface area contributed by atoms with Crippen LogP contribution in [-0.2, 0) is 14.3 Å². The molecule has 0 bridgehead atoms. The molecular formula is C26H32N4O5. The number of nitrogens with zero attached hydrogens (tertiary/aromatic N) is 3. The fraction of sp³-hybridized carbons (Fsp3) is 0.385. The molecule has 4 amide bonds. The van der Waals surface area contributed by atoms with Gasteiger partial charge in [-0.2, -0.15) is 0 Å². The molecule has 1 heterocycles. The Morgan fingerprint density at radius 3 is 2.26 bits per heavy atom. The van der Waals surface area contributed by atoms with E-state index in [-0.39, 0.29) is 36.4 Å². The van der Waals surface area contributed by atoms with Crippen molar-refractivity contribution in [1.82, 2.24) is 10.2 Å². The number of nitrogens with one attached hydrogen (secondary N) is 1. The average molecular weight is 481 g/mol. The molecule has 1 aliphatic rings. The first-order valence-electron chi connectivity index (χ1n) is 11.5. The number of amides is 4. The van der Waals surface area contributed by atoms with E-state index in [0.29, 0.717) is 23.5 Å². The van der Waals surface area contributed by atoms with Crippen molar-refractivity contribution in [3.05, 3.63) is 48.0 Å². The monoisotopic (exact) mass is 480 g/mol. The van der Waals surface area contributed by atoms with Crippen LogP contribution >= 0.6 is 0 Å². The number of carbonyl (C=O) groups is 4. The number of anilines is 2. The molecule has 0 saturated heterocycles. The lowest BCUT2D eigenvalue weighted by Gasteiger charge is -2.40. The highest BCUT2D eigenvalue weighted by Crippen LogP contribution is 2.39. The summed E-state index contributed by atoms with van der Waals surface area (Å²) in [7, 11) is 3.09. The standard InChI is InChI=1S/C26H32N4O5/c1-16(2)35-26(34)29-14-17(3)30(18(4)31)22-12-11-21(13-23(22)29)19-7-9-20(10-8-19)25(33)28(6)15-24(32)27-5/h7-13,16-17H,14-15H2,1-6H3,(H,27,32)/t17-/m0/s1. The molecule has 2 aromatic rings. The first-order chi connectivity index (χ1) is 16.5. The maximum Gasteiger partial charge on any atom is 0.414 e. The maximum absolute atomic E-state index is 12.9. The fourth-order valence-corrected chi connectivity index (χ4v) is 4.11. The van der Waals surface area contributed by atoms with Crippen molar-refractivity contribution in [2.45, 2.75) is 39.8 Å². The highest BCUT2D eigenvalue weighted by Gasteiger charge is 2.34. The first kappa shape index (κ1) is 25.7. The Hall–Kier alpha value is -3.88. The van der Waals surface area contributed by atoms with Crippen molar-refractivity contribution in [3.63, 3.8) is 0 Å². The Morgan fingerprint density at radius 1 is 1.06 bits per heavy atom. The Labute approximate surface area is 205 Å². The van der Waals surface area contributed by atoms with E-state index >= 15 is 0 Å². The molecule has 1 atom stereocenters. The topological polar surface area (TPSA) is 99.3 Å². The number of benzene rings is 2. The predicted molar refractivity (Wildman–Crippen MR) is 134 cm³/mol. The molecule has 186 valence electrons. The molecule has 1 aliphatic heterocycles. The lowest BCUT2D eigenvalue weighted by atomic mass is 9.99. The van der Waals surface area contributed by atoms with Crippen LogP contribution in [0.4, 0.5) is 16.2 Å². The lowest BCUT2D eigenvalue weighted by molar-refractivity contribution is -0.121. The van der Waals surface area contributed by atoms with E-state index < -0.39 is 6.09 Å². The SMILES string of the molecule is CNC(=O)CN(C)C(=O)c1ccc(-c2ccc3c(c2)N(C(=O)OC(C)C)C[C@H](C)N3C(C)=O)cc1. The number of carbonyl (C=O) groups excluding carboxylic acids is 4. The summed E-state index contributed by atoms with van der Waals surface area (Å²) in [5.41, 5.74) is 3.34. The summed E-state index contributed by atoms with van der Waals surface area (Å²) < 4.78 is 5.45. The van der Waals surface area contributed by atoms with Crippen LogP contribution in [0.25, 0.3) is 11.1 Å². The van der Waals surface area contributed by atoms with E-state index in [0.717, 1.165) is 11.1 Å². The number of rotatable bonds is 5. The van der Waals surface area contributed by atoms with Crippen molar-refractivity contribution < 1.29 is 23.9 Å². The quantitative estimate of drug-likeness (QED) is 0.708. The van der Waals surface area contributed by atoms with Gasteiger partial charge in [0.1, 0.15) is 0 Å². The molecule has 0 unspecified atom stereocenters. The summed E-state index contributed by atoms with van der Waals surface area (Å²) in [6.45, 7) is 7.26. The maximum atomic E-state index is 12.9. The van der Waals surface area contributed by atoms with Crippen molar-refractivity contribution in [3.8, 4) is 11.1 Å². The van der Waals surface area contributed by atoms with Crippen molar-refractivity contribution in [2.24, 2.45) is 0 Å². The van der Waals surface area contributed by atoms with E-state index in [1.165, 1.54) is 18.9 Å². The third-order valence-corrected chi connectivity index (χ3v) is 5.78. The van der Waals surface area contributed by atoms with Gasteiger partial charge in [-0.25, -0.2) is 4.79 Å². The zero-order chi connectivity index (χ0) is 25.9. The Bertz CT molecular complexity index is 1130. The van der Waals surface area contributed by atoms with Gasteiger partial charge in [-0.05, 0) is 56.2 Å². The van der Waals surface area contributed by atoms with Gasteiger partial charge in [0, 0.05) is 33.1 Å². The number of hydrogen-bond acceptors (Lipinski definition) is 5. The van der Waals surface area contributed by atoms with Crippen LogP contribution in [0.15, 0.2) is 42.5 Å². The molecule has 0 saturated carbocycles. The third kappa shape index (κ3) is 5.62. The molecule has 0 aromatic heterocycles. The van der Waals surface area contributed by atoms with E-state index in [4.69, 9.17) is 4.74 Å². The summed E-state index contributed by atoms with van der Waals surface area (Å²) >= 11 is 0. The Morgan fingerprint density at radius 2 is 1.69 bits per heavy atom. The zero-order valence-corrected chi connectivity index (χ0v) is 21.0. The van der Waals surface area contributed by atoms with Crippen LogP contribution in [-0.4, -0.2) is 68.0 Å². The smallest absolute Gasteiger partial charge is 0.414 e. The zero-order valence-electron chi connectivity index (χ0n) is 21.0. The molecule has 9 nitrogen and oxygen atoms in total. The third-order valence-electron chi connectivity index (χ3n) is 5.78. The van der Waals surface area contributed by atoms with Crippen LogP contribution in [0, 0.1) is 0 Å². The minimum Gasteiger partial charge on any atom is -0.446 e. The molecule has 2 aromatic carbocycles. The normalized spacial score (nSPS) is 14.9. The van der Waals surface area contributed by atoms with Crippen LogP contribution in [0.1, 0.15) is 38.1 Å². The molecule has 3 rings (SSSR count). The van der Waals surface area contributed by atoms with E-state index in [9.17, 15) is 19.2 Å². The Kier molecular flexibility index (Phi) is 7.78. The minimum atomic E-state index is -0.464. The van der Waals surface area contributed by atoms with Crippen molar-refractivity contribution in [2.75, 3.05) is 37.0 Å². The summed E-state index contributed by atoms with van der Waals surface area (Å²) in [5.74, 6) is -0.618. The predicted octanol–water partition coefficient (Wildman–Crippen LogP) is 3.28. The minimum absolute atomic E-state index is 0.0325. The molecule has 1 N–H and O–H groups in total. The van der Waals surface area contributed by atoms with Gasteiger partial charge in [-0.1, -0.05) is 18.2 Å². The second-order valence-corrected chi connectivity index (χ2v) is 8.90. The van der Waals surface area contributed by atoms with E-state index in [1.54, 1.807) is 42.8 Å². The summed E-state index contributed by atoms with van der Waals surface area (Å²) in [6, 6.07) is 12.4. The van der Waals surface area contributed by atoms with Gasteiger partial charge in [0.15, 0.2) is 0 Å². The van der Waals surface area contributed by atoms with Gasteiger partial charge in [0.25, 0.3) is 5.91 Å². The fourth-order valence-electron chi connectivity index (χ4n) is 4.11. The number of fused-ring (bicyclic) bond motifs is 1. The highest BCUT2D eigenvalue weighted by atomic mass is 16.6. The number of hydrogen-bond donors (Lipinski definition) is 1. The average Bonchev–Trinajstić information content (AvgIpc) is 2.81. The Balaban J connectivity index is 1.94. The molecule has 0 spiro atoms.